The van der Waals surface area contributed by atoms with Crippen LogP contribution in [0.25, 0.3) is 0 Å². The minimum Gasteiger partial charge on any atom is -0.496 e. The molecule has 24 heavy (non-hydrogen) atoms. The zero-order valence-corrected chi connectivity index (χ0v) is 15.3. The highest BCUT2D eigenvalue weighted by molar-refractivity contribution is 7.62. The summed E-state index contributed by atoms with van der Waals surface area (Å²) in [5.74, 6) is -0.0732. The molecule has 0 heterocycles. The molecule has 5 nitrogen and oxygen atoms in total. The standard InChI is InChI=1S/C17H18ClO5P/c1-4-23-24(20,22-3)15-11-6-5-8-12(15)17(19)16-13(18)9-7-10-14(16)21-2/h5-11H,4H2,1-3H3. The Morgan fingerprint density at radius 1 is 1.12 bits per heavy atom. The van der Waals surface area contributed by atoms with Crippen molar-refractivity contribution >= 4 is 30.3 Å². The van der Waals surface area contributed by atoms with Crippen molar-refractivity contribution < 1.29 is 23.1 Å². The summed E-state index contributed by atoms with van der Waals surface area (Å²) in [4.78, 5) is 13.0. The van der Waals surface area contributed by atoms with Gasteiger partial charge in [-0.05, 0) is 25.1 Å². The molecule has 2 rings (SSSR count). The lowest BCUT2D eigenvalue weighted by atomic mass is 10.0. The third-order valence-corrected chi connectivity index (χ3v) is 5.78. The fourth-order valence-corrected chi connectivity index (χ4v) is 4.10. The summed E-state index contributed by atoms with van der Waals surface area (Å²) in [6, 6.07) is 11.4. The van der Waals surface area contributed by atoms with Crippen LogP contribution in [0.5, 0.6) is 5.75 Å². The normalized spacial score (nSPS) is 13.3. The Labute approximate surface area is 146 Å². The summed E-state index contributed by atoms with van der Waals surface area (Å²) in [5.41, 5.74) is 0.399. The highest BCUT2D eigenvalue weighted by Crippen LogP contribution is 2.47. The third kappa shape index (κ3) is 3.55. The second-order valence-electron chi connectivity index (χ2n) is 4.76. The average molecular weight is 369 g/mol. The molecule has 0 aliphatic rings. The first-order valence-corrected chi connectivity index (χ1v) is 9.17. The number of methoxy groups -OCH3 is 1. The molecule has 2 aromatic carbocycles. The predicted molar refractivity (Wildman–Crippen MR) is 93.8 cm³/mol. The summed E-state index contributed by atoms with van der Waals surface area (Å²) in [7, 11) is -0.870. The maximum Gasteiger partial charge on any atom is 0.361 e. The van der Waals surface area contributed by atoms with Gasteiger partial charge in [0, 0.05) is 12.7 Å². The fraction of sp³-hybridized carbons (Fsp3) is 0.235. The van der Waals surface area contributed by atoms with Crippen LogP contribution in [-0.2, 0) is 13.6 Å². The molecular formula is C17H18ClO5P. The Bertz CT molecular complexity index is 790. The summed E-state index contributed by atoms with van der Waals surface area (Å²) < 4.78 is 28.5. The number of halogens is 1. The van der Waals surface area contributed by atoms with Gasteiger partial charge < -0.3 is 13.8 Å². The smallest absolute Gasteiger partial charge is 0.361 e. The zero-order valence-electron chi connectivity index (χ0n) is 13.6. The van der Waals surface area contributed by atoms with Gasteiger partial charge in [0.1, 0.15) is 5.75 Å². The van der Waals surface area contributed by atoms with E-state index >= 15 is 0 Å². The highest BCUT2D eigenvalue weighted by Gasteiger charge is 2.32. The van der Waals surface area contributed by atoms with E-state index in [1.54, 1.807) is 49.4 Å². The molecule has 0 bridgehead atoms. The van der Waals surface area contributed by atoms with Crippen LogP contribution < -0.4 is 10.0 Å². The second kappa shape index (κ2) is 7.95. The molecule has 0 N–H and O–H groups in total. The summed E-state index contributed by atoms with van der Waals surface area (Å²) in [6.45, 7) is 1.89. The van der Waals surface area contributed by atoms with Gasteiger partial charge in [0.2, 0.25) is 0 Å². The van der Waals surface area contributed by atoms with Crippen molar-refractivity contribution in [3.8, 4) is 5.75 Å². The van der Waals surface area contributed by atoms with Gasteiger partial charge in [0.15, 0.2) is 5.78 Å². The molecule has 0 radical (unpaired) electrons. The van der Waals surface area contributed by atoms with Gasteiger partial charge in [-0.2, -0.15) is 0 Å². The number of ether oxygens (including phenoxy) is 1. The number of rotatable bonds is 7. The van der Waals surface area contributed by atoms with E-state index in [-0.39, 0.29) is 28.1 Å². The molecule has 0 aliphatic carbocycles. The van der Waals surface area contributed by atoms with Crippen molar-refractivity contribution in [1.29, 1.82) is 0 Å². The molecule has 1 unspecified atom stereocenters. The Hall–Kier alpha value is -1.65. The van der Waals surface area contributed by atoms with E-state index < -0.39 is 13.4 Å². The Morgan fingerprint density at radius 2 is 1.83 bits per heavy atom. The molecule has 7 heteroatoms. The second-order valence-corrected chi connectivity index (χ2v) is 7.27. The zero-order chi connectivity index (χ0) is 17.7. The Morgan fingerprint density at radius 3 is 2.46 bits per heavy atom. The van der Waals surface area contributed by atoms with Gasteiger partial charge >= 0.3 is 7.60 Å². The minimum absolute atomic E-state index is 0.184. The van der Waals surface area contributed by atoms with Gasteiger partial charge in [-0.25, -0.2) is 0 Å². The van der Waals surface area contributed by atoms with Crippen molar-refractivity contribution in [1.82, 2.24) is 0 Å². The van der Waals surface area contributed by atoms with Gasteiger partial charge in [0.05, 0.1) is 29.6 Å². The molecule has 2 aromatic rings. The monoisotopic (exact) mass is 368 g/mol. The molecule has 128 valence electrons. The quantitative estimate of drug-likeness (QED) is 0.544. The average Bonchev–Trinajstić information content (AvgIpc) is 2.61. The van der Waals surface area contributed by atoms with Crippen LogP contribution >= 0.6 is 19.2 Å². The maximum atomic E-state index is 13.0. The maximum absolute atomic E-state index is 13.0. The third-order valence-electron chi connectivity index (χ3n) is 3.41. The fourth-order valence-electron chi connectivity index (χ4n) is 2.32. The number of carbonyl (C=O) groups excluding carboxylic acids is 1. The van der Waals surface area contributed by atoms with E-state index in [4.69, 9.17) is 25.4 Å². The van der Waals surface area contributed by atoms with Crippen LogP contribution in [-0.4, -0.2) is 26.6 Å². The van der Waals surface area contributed by atoms with E-state index in [1.807, 2.05) is 0 Å². The summed E-state index contributed by atoms with van der Waals surface area (Å²) in [6.07, 6.45) is 0. The van der Waals surface area contributed by atoms with Gasteiger partial charge in [-0.3, -0.25) is 9.36 Å². The number of benzene rings is 2. The molecule has 0 spiro atoms. The van der Waals surface area contributed by atoms with E-state index in [2.05, 4.69) is 0 Å². The van der Waals surface area contributed by atoms with Crippen LogP contribution in [0.15, 0.2) is 42.5 Å². The number of hydrogen-bond donors (Lipinski definition) is 0. The number of hydrogen-bond acceptors (Lipinski definition) is 5. The molecule has 0 saturated heterocycles. The Kier molecular flexibility index (Phi) is 6.19. The molecule has 0 saturated carbocycles. The predicted octanol–water partition coefficient (Wildman–Crippen LogP) is 4.08. The van der Waals surface area contributed by atoms with Crippen molar-refractivity contribution in [2.24, 2.45) is 0 Å². The molecule has 0 amide bonds. The van der Waals surface area contributed by atoms with Crippen LogP contribution in [0.2, 0.25) is 5.02 Å². The van der Waals surface area contributed by atoms with Crippen molar-refractivity contribution in [2.45, 2.75) is 6.92 Å². The lowest BCUT2D eigenvalue weighted by Gasteiger charge is -2.19. The number of ketones is 1. The molecule has 1 atom stereocenters. The van der Waals surface area contributed by atoms with E-state index in [0.717, 1.165) is 0 Å². The van der Waals surface area contributed by atoms with Gasteiger partial charge in [0.25, 0.3) is 0 Å². The van der Waals surface area contributed by atoms with Crippen LogP contribution in [0.3, 0.4) is 0 Å². The van der Waals surface area contributed by atoms with Crippen LogP contribution in [0, 0.1) is 0 Å². The van der Waals surface area contributed by atoms with E-state index in [9.17, 15) is 9.36 Å². The van der Waals surface area contributed by atoms with Crippen molar-refractivity contribution in [3.63, 3.8) is 0 Å². The number of carbonyl (C=O) groups is 1. The molecule has 0 aliphatic heterocycles. The first-order chi connectivity index (χ1) is 11.5. The van der Waals surface area contributed by atoms with Crippen LogP contribution in [0.1, 0.15) is 22.8 Å². The van der Waals surface area contributed by atoms with Crippen molar-refractivity contribution in [3.05, 3.63) is 58.6 Å². The van der Waals surface area contributed by atoms with Gasteiger partial charge in [-0.15, -0.1) is 0 Å². The van der Waals surface area contributed by atoms with Crippen molar-refractivity contribution in [2.75, 3.05) is 20.8 Å². The first-order valence-electron chi connectivity index (χ1n) is 7.25. The lowest BCUT2D eigenvalue weighted by Crippen LogP contribution is -2.19. The largest absolute Gasteiger partial charge is 0.496 e. The molecule has 0 fully saturated rings. The SMILES string of the molecule is CCOP(=O)(OC)c1ccccc1C(=O)c1c(Cl)cccc1OC. The first kappa shape index (κ1) is 18.7. The summed E-state index contributed by atoms with van der Waals surface area (Å²) in [5, 5.41) is 0.444. The molecule has 0 aromatic heterocycles. The van der Waals surface area contributed by atoms with Gasteiger partial charge in [-0.1, -0.05) is 35.9 Å². The van der Waals surface area contributed by atoms with E-state index in [1.165, 1.54) is 14.2 Å². The topological polar surface area (TPSA) is 61.8 Å². The Balaban J connectivity index is 2.63. The highest BCUT2D eigenvalue weighted by atomic mass is 35.5. The minimum atomic E-state index is -3.61. The lowest BCUT2D eigenvalue weighted by molar-refractivity contribution is 0.103. The molecular weight excluding hydrogens is 351 g/mol. The summed E-state index contributed by atoms with van der Waals surface area (Å²) >= 11 is 6.18. The van der Waals surface area contributed by atoms with E-state index in [0.29, 0.717) is 5.75 Å². The van der Waals surface area contributed by atoms with Crippen LogP contribution in [0.4, 0.5) is 0 Å².